The van der Waals surface area contributed by atoms with Crippen molar-refractivity contribution in [1.29, 1.82) is 0 Å². The summed E-state index contributed by atoms with van der Waals surface area (Å²) in [6.07, 6.45) is 1.16. The van der Waals surface area contributed by atoms with E-state index >= 15 is 0 Å². The number of sulfonamides is 1. The van der Waals surface area contributed by atoms with Crippen molar-refractivity contribution in [1.82, 2.24) is 9.62 Å². The highest BCUT2D eigenvalue weighted by Crippen LogP contribution is 2.32. The van der Waals surface area contributed by atoms with E-state index in [4.69, 9.17) is 11.6 Å². The minimum absolute atomic E-state index is 0.0179. The number of aryl methyl sites for hydroxylation is 1. The number of piperidine rings is 1. The van der Waals surface area contributed by atoms with Crippen LogP contribution in [0, 0.1) is 6.92 Å². The molecule has 1 saturated heterocycles. The summed E-state index contributed by atoms with van der Waals surface area (Å²) in [6, 6.07) is 13.6. The van der Waals surface area contributed by atoms with Crippen molar-refractivity contribution in [3.05, 3.63) is 65.0 Å². The number of carbonyl (C=O) groups excluding carboxylic acids is 1. The molecule has 30 heavy (non-hydrogen) atoms. The van der Waals surface area contributed by atoms with E-state index in [0.717, 1.165) is 27.8 Å². The van der Waals surface area contributed by atoms with Gasteiger partial charge in [0.15, 0.2) is 0 Å². The zero-order valence-electron chi connectivity index (χ0n) is 16.9. The number of benzene rings is 2. The van der Waals surface area contributed by atoms with Crippen molar-refractivity contribution >= 4 is 33.2 Å². The maximum Gasteiger partial charge on any atom is 0.241 e. The third-order valence-electron chi connectivity index (χ3n) is 5.23. The van der Waals surface area contributed by atoms with E-state index in [-0.39, 0.29) is 18.5 Å². The summed E-state index contributed by atoms with van der Waals surface area (Å²) in [5.41, 5.74) is 3.75. The van der Waals surface area contributed by atoms with Crippen molar-refractivity contribution in [2.75, 3.05) is 25.0 Å². The van der Waals surface area contributed by atoms with Gasteiger partial charge in [0.1, 0.15) is 0 Å². The van der Waals surface area contributed by atoms with Gasteiger partial charge in [-0.3, -0.25) is 4.79 Å². The number of amides is 1. The summed E-state index contributed by atoms with van der Waals surface area (Å²) in [4.78, 5) is 14.4. The monoisotopic (exact) mass is 447 g/mol. The van der Waals surface area contributed by atoms with Crippen LogP contribution in [0.3, 0.4) is 0 Å². The Morgan fingerprint density at radius 2 is 1.90 bits per heavy atom. The lowest BCUT2D eigenvalue weighted by Gasteiger charge is -2.32. The van der Waals surface area contributed by atoms with E-state index in [0.29, 0.717) is 31.0 Å². The van der Waals surface area contributed by atoms with Gasteiger partial charge in [0, 0.05) is 40.8 Å². The number of hydrogen-bond donors (Lipinski definition) is 2. The Hall–Kier alpha value is -2.35. The first-order valence-electron chi connectivity index (χ1n) is 9.81. The predicted molar refractivity (Wildman–Crippen MR) is 122 cm³/mol. The van der Waals surface area contributed by atoms with Gasteiger partial charge in [-0.15, -0.1) is 0 Å². The molecule has 3 rings (SSSR count). The molecule has 0 aliphatic carbocycles. The smallest absolute Gasteiger partial charge is 0.241 e. The summed E-state index contributed by atoms with van der Waals surface area (Å²) >= 11 is 6.43. The molecule has 0 aromatic heterocycles. The standard InChI is InChI=1S/C22H26ClN3O3S/c1-3-30(28,29)25-18-9-11-26(12-10-18)22(27)15-24-21-14-19(20(23)13-16(21)2)17-7-5-4-6-8-17/h3-8,13-14,18,24-25H,1,9-12,15H2,2H3. The van der Waals surface area contributed by atoms with Crippen LogP contribution in [-0.2, 0) is 14.8 Å². The number of carbonyl (C=O) groups is 1. The lowest BCUT2D eigenvalue weighted by Crippen LogP contribution is -2.47. The second-order valence-electron chi connectivity index (χ2n) is 7.35. The zero-order chi connectivity index (χ0) is 21.7. The Morgan fingerprint density at radius 1 is 1.23 bits per heavy atom. The van der Waals surface area contributed by atoms with Crippen molar-refractivity contribution in [2.24, 2.45) is 0 Å². The fourth-order valence-electron chi connectivity index (χ4n) is 3.51. The molecular weight excluding hydrogens is 422 g/mol. The molecule has 8 heteroatoms. The Morgan fingerprint density at radius 3 is 2.53 bits per heavy atom. The van der Waals surface area contributed by atoms with Gasteiger partial charge >= 0.3 is 0 Å². The van der Waals surface area contributed by atoms with Crippen molar-refractivity contribution in [2.45, 2.75) is 25.8 Å². The highest BCUT2D eigenvalue weighted by atomic mass is 35.5. The number of likely N-dealkylation sites (tertiary alicyclic amines) is 1. The van der Waals surface area contributed by atoms with Crippen LogP contribution in [0.4, 0.5) is 5.69 Å². The third kappa shape index (κ3) is 5.62. The molecule has 1 fully saturated rings. The normalized spacial score (nSPS) is 15.1. The Labute approximate surface area is 183 Å². The number of anilines is 1. The van der Waals surface area contributed by atoms with Gasteiger partial charge in [0.05, 0.1) is 6.54 Å². The molecule has 2 N–H and O–H groups in total. The molecular formula is C22H26ClN3O3S. The second kappa shape index (κ2) is 9.64. The van der Waals surface area contributed by atoms with E-state index < -0.39 is 10.0 Å². The molecule has 0 radical (unpaired) electrons. The Bertz CT molecular complexity index is 1020. The number of rotatable bonds is 7. The lowest BCUT2D eigenvalue weighted by molar-refractivity contribution is -0.130. The third-order valence-corrected chi connectivity index (χ3v) is 6.64. The molecule has 160 valence electrons. The molecule has 1 aliphatic rings. The minimum atomic E-state index is -3.45. The van der Waals surface area contributed by atoms with Crippen LogP contribution in [0.5, 0.6) is 0 Å². The van der Waals surface area contributed by atoms with E-state index in [9.17, 15) is 13.2 Å². The van der Waals surface area contributed by atoms with Gasteiger partial charge in [0.25, 0.3) is 0 Å². The topological polar surface area (TPSA) is 78.5 Å². The van der Waals surface area contributed by atoms with Crippen LogP contribution in [0.1, 0.15) is 18.4 Å². The molecule has 0 saturated carbocycles. The van der Waals surface area contributed by atoms with E-state index in [1.807, 2.05) is 49.4 Å². The van der Waals surface area contributed by atoms with Crippen LogP contribution in [0.15, 0.2) is 54.5 Å². The fraction of sp³-hybridized carbons (Fsp3) is 0.318. The van der Waals surface area contributed by atoms with Gasteiger partial charge in [-0.1, -0.05) is 48.5 Å². The zero-order valence-corrected chi connectivity index (χ0v) is 18.5. The summed E-state index contributed by atoms with van der Waals surface area (Å²) < 4.78 is 25.8. The molecule has 0 unspecified atom stereocenters. The van der Waals surface area contributed by atoms with Crippen molar-refractivity contribution in [3.8, 4) is 11.1 Å². The maximum absolute atomic E-state index is 12.6. The largest absolute Gasteiger partial charge is 0.376 e. The molecule has 0 atom stereocenters. The van der Waals surface area contributed by atoms with Gasteiger partial charge < -0.3 is 10.2 Å². The summed E-state index contributed by atoms with van der Waals surface area (Å²) in [7, 11) is -3.45. The molecule has 2 aromatic rings. The molecule has 0 spiro atoms. The maximum atomic E-state index is 12.6. The average molecular weight is 448 g/mol. The van der Waals surface area contributed by atoms with Gasteiger partial charge in [-0.05, 0) is 43.0 Å². The quantitative estimate of drug-likeness (QED) is 0.677. The van der Waals surface area contributed by atoms with Crippen LogP contribution < -0.4 is 10.0 Å². The van der Waals surface area contributed by atoms with Gasteiger partial charge in [-0.25, -0.2) is 13.1 Å². The molecule has 1 heterocycles. The Balaban J connectivity index is 1.60. The van der Waals surface area contributed by atoms with E-state index in [1.54, 1.807) is 4.90 Å². The number of nitrogens with one attached hydrogen (secondary N) is 2. The molecule has 0 bridgehead atoms. The van der Waals surface area contributed by atoms with Crippen LogP contribution in [0.25, 0.3) is 11.1 Å². The first-order valence-corrected chi connectivity index (χ1v) is 11.7. The summed E-state index contributed by atoms with van der Waals surface area (Å²) in [5.74, 6) is -0.0179. The Kier molecular flexibility index (Phi) is 7.18. The molecule has 2 aromatic carbocycles. The van der Waals surface area contributed by atoms with Gasteiger partial charge in [-0.2, -0.15) is 0 Å². The molecule has 1 aliphatic heterocycles. The summed E-state index contributed by atoms with van der Waals surface area (Å²) in [6.45, 7) is 6.44. The average Bonchev–Trinajstić information content (AvgIpc) is 2.74. The molecule has 6 nitrogen and oxygen atoms in total. The highest BCUT2D eigenvalue weighted by Gasteiger charge is 2.25. The first kappa shape index (κ1) is 22.3. The summed E-state index contributed by atoms with van der Waals surface area (Å²) in [5, 5.41) is 4.81. The number of nitrogens with zero attached hydrogens (tertiary/aromatic N) is 1. The highest BCUT2D eigenvalue weighted by molar-refractivity contribution is 7.92. The van der Waals surface area contributed by atoms with Gasteiger partial charge in [0.2, 0.25) is 15.9 Å². The van der Waals surface area contributed by atoms with Crippen molar-refractivity contribution in [3.63, 3.8) is 0 Å². The number of hydrogen-bond acceptors (Lipinski definition) is 4. The second-order valence-corrected chi connectivity index (χ2v) is 9.42. The van der Waals surface area contributed by atoms with Crippen LogP contribution in [-0.4, -0.2) is 44.9 Å². The van der Waals surface area contributed by atoms with E-state index in [1.165, 1.54) is 0 Å². The fourth-order valence-corrected chi connectivity index (χ4v) is 4.64. The van der Waals surface area contributed by atoms with Crippen LogP contribution in [0.2, 0.25) is 5.02 Å². The van der Waals surface area contributed by atoms with Crippen LogP contribution >= 0.6 is 11.6 Å². The number of halogens is 1. The minimum Gasteiger partial charge on any atom is -0.376 e. The predicted octanol–water partition coefficient (Wildman–Crippen LogP) is 3.78. The first-order chi connectivity index (χ1) is 14.3. The van der Waals surface area contributed by atoms with E-state index in [2.05, 4.69) is 16.6 Å². The molecule has 1 amide bonds. The SMILES string of the molecule is C=CS(=O)(=O)NC1CCN(C(=O)CNc2cc(-c3ccccc3)c(Cl)cc2C)CC1. The van der Waals surface area contributed by atoms with Crippen molar-refractivity contribution < 1.29 is 13.2 Å². The lowest BCUT2D eigenvalue weighted by atomic mass is 10.0.